The van der Waals surface area contributed by atoms with E-state index >= 15 is 0 Å². The molecule has 0 aliphatic carbocycles. The SMILES string of the molecule is COC(=O)c1ccc(NC(C)c2ncc(C)s2)nc1OC. The average molecular weight is 307 g/mol. The number of aryl methyl sites for hydroxylation is 1. The third kappa shape index (κ3) is 3.49. The van der Waals surface area contributed by atoms with Gasteiger partial charge >= 0.3 is 5.97 Å². The quantitative estimate of drug-likeness (QED) is 0.856. The second-order valence-corrected chi connectivity index (χ2v) is 5.69. The van der Waals surface area contributed by atoms with Gasteiger partial charge in [-0.2, -0.15) is 4.98 Å². The first-order valence-electron chi connectivity index (χ1n) is 6.37. The molecule has 0 aliphatic rings. The summed E-state index contributed by atoms with van der Waals surface area (Å²) in [5.74, 6) is 0.365. The molecule has 0 spiro atoms. The maximum atomic E-state index is 11.6. The number of hydrogen-bond donors (Lipinski definition) is 1. The van der Waals surface area contributed by atoms with Gasteiger partial charge < -0.3 is 14.8 Å². The van der Waals surface area contributed by atoms with Crippen LogP contribution >= 0.6 is 11.3 Å². The summed E-state index contributed by atoms with van der Waals surface area (Å²) in [4.78, 5) is 21.3. The zero-order valence-corrected chi connectivity index (χ0v) is 13.2. The van der Waals surface area contributed by atoms with Gasteiger partial charge in [0.05, 0.1) is 20.3 Å². The smallest absolute Gasteiger partial charge is 0.343 e. The number of carbonyl (C=O) groups excluding carboxylic acids is 1. The highest BCUT2D eigenvalue weighted by atomic mass is 32.1. The second kappa shape index (κ2) is 6.53. The van der Waals surface area contributed by atoms with E-state index < -0.39 is 5.97 Å². The van der Waals surface area contributed by atoms with Gasteiger partial charge in [-0.3, -0.25) is 0 Å². The molecule has 0 saturated heterocycles. The fourth-order valence-corrected chi connectivity index (χ4v) is 2.57. The molecule has 2 rings (SSSR count). The highest BCUT2D eigenvalue weighted by molar-refractivity contribution is 7.11. The van der Waals surface area contributed by atoms with Gasteiger partial charge in [0.15, 0.2) is 0 Å². The maximum Gasteiger partial charge on any atom is 0.343 e. The third-order valence-electron chi connectivity index (χ3n) is 2.83. The number of thiazole rings is 1. The van der Waals surface area contributed by atoms with Crippen LogP contribution in [0.4, 0.5) is 5.82 Å². The first kappa shape index (κ1) is 15.2. The van der Waals surface area contributed by atoms with E-state index in [0.717, 1.165) is 9.88 Å². The van der Waals surface area contributed by atoms with Crippen molar-refractivity contribution in [2.75, 3.05) is 19.5 Å². The number of aromatic nitrogens is 2. The van der Waals surface area contributed by atoms with Crippen molar-refractivity contribution in [2.45, 2.75) is 19.9 Å². The average Bonchev–Trinajstić information content (AvgIpc) is 2.93. The van der Waals surface area contributed by atoms with Crippen LogP contribution in [0.2, 0.25) is 0 Å². The Morgan fingerprint density at radius 3 is 2.71 bits per heavy atom. The molecule has 2 aromatic rings. The van der Waals surface area contributed by atoms with Gasteiger partial charge in [0.2, 0.25) is 5.88 Å². The van der Waals surface area contributed by atoms with E-state index in [1.54, 1.807) is 23.5 Å². The van der Waals surface area contributed by atoms with Crippen molar-refractivity contribution in [3.63, 3.8) is 0 Å². The van der Waals surface area contributed by atoms with Crippen molar-refractivity contribution >= 4 is 23.1 Å². The molecular weight excluding hydrogens is 290 g/mol. The molecule has 0 aliphatic heterocycles. The topological polar surface area (TPSA) is 73.3 Å². The predicted octanol–water partition coefficient (Wildman–Crippen LogP) is 2.81. The second-order valence-electron chi connectivity index (χ2n) is 4.42. The molecule has 7 heteroatoms. The number of esters is 1. The van der Waals surface area contributed by atoms with Gasteiger partial charge in [0, 0.05) is 11.1 Å². The van der Waals surface area contributed by atoms with E-state index in [9.17, 15) is 4.79 Å². The van der Waals surface area contributed by atoms with Crippen LogP contribution in [0.25, 0.3) is 0 Å². The molecule has 0 amide bonds. The molecule has 6 nitrogen and oxygen atoms in total. The Morgan fingerprint density at radius 1 is 1.38 bits per heavy atom. The van der Waals surface area contributed by atoms with E-state index in [-0.39, 0.29) is 11.9 Å². The Balaban J connectivity index is 2.19. The van der Waals surface area contributed by atoms with E-state index in [1.807, 2.05) is 20.0 Å². The summed E-state index contributed by atoms with van der Waals surface area (Å²) in [6.45, 7) is 4.01. The van der Waals surface area contributed by atoms with Crippen LogP contribution in [0.15, 0.2) is 18.3 Å². The highest BCUT2D eigenvalue weighted by Crippen LogP contribution is 2.25. The monoisotopic (exact) mass is 307 g/mol. The molecule has 1 N–H and O–H groups in total. The van der Waals surface area contributed by atoms with E-state index in [2.05, 4.69) is 20.0 Å². The first-order chi connectivity index (χ1) is 10.0. The molecule has 1 unspecified atom stereocenters. The van der Waals surface area contributed by atoms with Gasteiger partial charge in [-0.1, -0.05) is 0 Å². The largest absolute Gasteiger partial charge is 0.480 e. The molecule has 0 aromatic carbocycles. The molecule has 2 heterocycles. The van der Waals surface area contributed by atoms with Crippen molar-refractivity contribution in [3.05, 3.63) is 33.8 Å². The fraction of sp³-hybridized carbons (Fsp3) is 0.357. The number of nitrogens with one attached hydrogen (secondary N) is 1. The number of carbonyl (C=O) groups is 1. The molecular formula is C14H17N3O3S. The number of ether oxygens (including phenoxy) is 2. The minimum absolute atomic E-state index is 0.0184. The lowest BCUT2D eigenvalue weighted by Crippen LogP contribution is -2.10. The Morgan fingerprint density at radius 2 is 2.14 bits per heavy atom. The van der Waals surface area contributed by atoms with Gasteiger partial charge in [-0.15, -0.1) is 11.3 Å². The summed E-state index contributed by atoms with van der Waals surface area (Å²) < 4.78 is 9.82. The lowest BCUT2D eigenvalue weighted by atomic mass is 10.2. The van der Waals surface area contributed by atoms with Gasteiger partial charge in [-0.25, -0.2) is 9.78 Å². The van der Waals surface area contributed by atoms with Crippen LogP contribution in [0.1, 0.15) is 33.2 Å². The van der Waals surface area contributed by atoms with Crippen molar-refractivity contribution in [3.8, 4) is 5.88 Å². The van der Waals surface area contributed by atoms with Gasteiger partial charge in [-0.05, 0) is 26.0 Å². The van der Waals surface area contributed by atoms with Gasteiger partial charge in [0.1, 0.15) is 16.4 Å². The third-order valence-corrected chi connectivity index (χ3v) is 3.93. The lowest BCUT2D eigenvalue weighted by molar-refractivity contribution is 0.0596. The Kier molecular flexibility index (Phi) is 4.74. The molecule has 2 aromatic heterocycles. The van der Waals surface area contributed by atoms with Crippen LogP contribution in [0.5, 0.6) is 5.88 Å². The standard InChI is InChI=1S/C14H17N3O3S/c1-8-7-15-13(21-8)9(2)16-11-6-5-10(14(18)20-4)12(17-11)19-3/h5-7,9H,1-4H3,(H,16,17). The molecule has 0 radical (unpaired) electrons. The van der Waals surface area contributed by atoms with Crippen molar-refractivity contribution in [2.24, 2.45) is 0 Å². The first-order valence-corrected chi connectivity index (χ1v) is 7.19. The van der Waals surface area contributed by atoms with E-state index in [4.69, 9.17) is 4.74 Å². The minimum Gasteiger partial charge on any atom is -0.480 e. The van der Waals surface area contributed by atoms with Crippen LogP contribution in [-0.2, 0) is 4.74 Å². The molecule has 0 bridgehead atoms. The molecule has 1 atom stereocenters. The van der Waals surface area contributed by atoms with Crippen LogP contribution in [0, 0.1) is 6.92 Å². The summed E-state index contributed by atoms with van der Waals surface area (Å²) in [6, 6.07) is 3.36. The normalized spacial score (nSPS) is 11.8. The van der Waals surface area contributed by atoms with Crippen molar-refractivity contribution in [1.82, 2.24) is 9.97 Å². The zero-order valence-electron chi connectivity index (χ0n) is 12.3. The molecule has 21 heavy (non-hydrogen) atoms. The number of anilines is 1. The molecule has 0 saturated carbocycles. The molecule has 112 valence electrons. The number of hydrogen-bond acceptors (Lipinski definition) is 7. The summed E-state index contributed by atoms with van der Waals surface area (Å²) in [6.07, 6.45) is 1.84. The Labute approximate surface area is 127 Å². The van der Waals surface area contributed by atoms with Crippen molar-refractivity contribution in [1.29, 1.82) is 0 Å². The number of methoxy groups -OCH3 is 2. The van der Waals surface area contributed by atoms with Crippen molar-refractivity contribution < 1.29 is 14.3 Å². The van der Waals surface area contributed by atoms with Crippen LogP contribution in [0.3, 0.4) is 0 Å². The highest BCUT2D eigenvalue weighted by Gasteiger charge is 2.16. The van der Waals surface area contributed by atoms with E-state index in [1.165, 1.54) is 14.2 Å². The maximum absolute atomic E-state index is 11.6. The van der Waals surface area contributed by atoms with Gasteiger partial charge in [0.25, 0.3) is 0 Å². The summed E-state index contributed by atoms with van der Waals surface area (Å²) in [5.41, 5.74) is 0.295. The lowest BCUT2D eigenvalue weighted by Gasteiger charge is -2.13. The number of nitrogens with zero attached hydrogens (tertiary/aromatic N) is 2. The summed E-state index contributed by atoms with van der Waals surface area (Å²) in [5, 5.41) is 4.21. The van der Waals surface area contributed by atoms with Crippen LogP contribution < -0.4 is 10.1 Å². The summed E-state index contributed by atoms with van der Waals surface area (Å²) in [7, 11) is 2.78. The molecule has 0 fully saturated rings. The number of pyridine rings is 1. The minimum atomic E-state index is -0.477. The predicted molar refractivity (Wildman–Crippen MR) is 81.0 cm³/mol. The van der Waals surface area contributed by atoms with E-state index in [0.29, 0.717) is 11.4 Å². The Bertz CT molecular complexity index is 642. The zero-order chi connectivity index (χ0) is 15.4. The summed E-state index contributed by atoms with van der Waals surface area (Å²) >= 11 is 1.63. The fourth-order valence-electron chi connectivity index (χ4n) is 1.80. The van der Waals surface area contributed by atoms with Crippen LogP contribution in [-0.4, -0.2) is 30.2 Å². The Hall–Kier alpha value is -2.15. The number of rotatable bonds is 5.